The van der Waals surface area contributed by atoms with Gasteiger partial charge in [0.15, 0.2) is 0 Å². The number of ether oxygens (including phenoxy) is 3. The molecule has 0 aromatic carbocycles. The van der Waals surface area contributed by atoms with Crippen LogP contribution in [0.5, 0.6) is 0 Å². The highest BCUT2D eigenvalue weighted by Gasteiger charge is 2.34. The van der Waals surface area contributed by atoms with E-state index in [1.54, 1.807) is 20.1 Å². The molecule has 0 radical (unpaired) electrons. The van der Waals surface area contributed by atoms with Crippen LogP contribution < -0.4 is 5.32 Å². The van der Waals surface area contributed by atoms with E-state index < -0.39 is 5.97 Å². The lowest BCUT2D eigenvalue weighted by molar-refractivity contribution is -0.00625. The van der Waals surface area contributed by atoms with E-state index in [2.05, 4.69) is 20.0 Å². The Morgan fingerprint density at radius 3 is 2.90 bits per heavy atom. The van der Waals surface area contributed by atoms with Gasteiger partial charge in [-0.25, -0.2) is 14.8 Å². The summed E-state index contributed by atoms with van der Waals surface area (Å²) < 4.78 is 15.5. The molecule has 20 heavy (non-hydrogen) atoms. The third-order valence-electron chi connectivity index (χ3n) is 3.31. The van der Waals surface area contributed by atoms with E-state index in [4.69, 9.17) is 9.47 Å². The van der Waals surface area contributed by atoms with Crippen LogP contribution in [0.1, 0.15) is 22.7 Å². The maximum absolute atomic E-state index is 11.5. The summed E-state index contributed by atoms with van der Waals surface area (Å²) in [5.41, 5.74) is 0.349. The lowest BCUT2D eigenvalue weighted by atomic mass is 10.0. The zero-order chi connectivity index (χ0) is 14.6. The van der Waals surface area contributed by atoms with Gasteiger partial charge in [-0.05, 0) is 6.92 Å². The third-order valence-corrected chi connectivity index (χ3v) is 3.31. The molecule has 0 bridgehead atoms. The van der Waals surface area contributed by atoms with E-state index >= 15 is 0 Å². The molecule has 7 nitrogen and oxygen atoms in total. The standard InChI is InChI=1S/C13H19N3O4/c1-9-6-10(16-11(15-9)12(17)18-2)14-7-13(19-3)4-5-20-8-13/h6H,4-5,7-8H2,1-3H3,(H,14,15,16). The van der Waals surface area contributed by atoms with Gasteiger partial charge >= 0.3 is 5.97 Å². The maximum Gasteiger partial charge on any atom is 0.376 e. The number of hydrogen-bond donors (Lipinski definition) is 1. The monoisotopic (exact) mass is 281 g/mol. The van der Waals surface area contributed by atoms with Gasteiger partial charge in [0.05, 0.1) is 13.7 Å². The average molecular weight is 281 g/mol. The van der Waals surface area contributed by atoms with Crippen molar-refractivity contribution >= 4 is 11.8 Å². The summed E-state index contributed by atoms with van der Waals surface area (Å²) in [5.74, 6) is 0.0627. The lowest BCUT2D eigenvalue weighted by Crippen LogP contribution is -2.39. The van der Waals surface area contributed by atoms with Crippen LogP contribution in [0, 0.1) is 6.92 Å². The van der Waals surface area contributed by atoms with Crippen molar-refractivity contribution in [3.8, 4) is 0 Å². The zero-order valence-corrected chi connectivity index (χ0v) is 11.9. The molecule has 0 spiro atoms. The predicted molar refractivity (Wildman–Crippen MR) is 71.8 cm³/mol. The lowest BCUT2D eigenvalue weighted by Gasteiger charge is -2.26. The molecule has 7 heteroatoms. The molecule has 1 aliphatic rings. The summed E-state index contributed by atoms with van der Waals surface area (Å²) in [6.45, 7) is 3.58. The second-order valence-electron chi connectivity index (χ2n) is 4.75. The quantitative estimate of drug-likeness (QED) is 0.799. The van der Waals surface area contributed by atoms with Gasteiger partial charge in [-0.3, -0.25) is 0 Å². The number of rotatable bonds is 5. The average Bonchev–Trinajstić information content (AvgIpc) is 2.93. The third kappa shape index (κ3) is 3.23. The fourth-order valence-corrected chi connectivity index (χ4v) is 2.05. The van der Waals surface area contributed by atoms with Gasteiger partial charge in [0.2, 0.25) is 5.82 Å². The number of aromatic nitrogens is 2. The summed E-state index contributed by atoms with van der Waals surface area (Å²) >= 11 is 0. The molecule has 0 saturated carbocycles. The van der Waals surface area contributed by atoms with Gasteiger partial charge in [0, 0.05) is 38.4 Å². The van der Waals surface area contributed by atoms with Gasteiger partial charge in [-0.15, -0.1) is 0 Å². The van der Waals surface area contributed by atoms with Crippen molar-refractivity contribution in [2.24, 2.45) is 0 Å². The number of hydrogen-bond acceptors (Lipinski definition) is 7. The normalized spacial score (nSPS) is 21.8. The number of anilines is 1. The number of esters is 1. The summed E-state index contributed by atoms with van der Waals surface area (Å²) in [5, 5.41) is 3.17. The Balaban J connectivity index is 2.09. The van der Waals surface area contributed by atoms with Gasteiger partial charge in [0.25, 0.3) is 0 Å². The molecule has 2 rings (SSSR count). The first-order valence-corrected chi connectivity index (χ1v) is 6.39. The molecule has 1 aliphatic heterocycles. The van der Waals surface area contributed by atoms with Crippen LogP contribution in [0.15, 0.2) is 6.07 Å². The van der Waals surface area contributed by atoms with Gasteiger partial charge in [-0.1, -0.05) is 0 Å². The van der Waals surface area contributed by atoms with Crippen LogP contribution in [0.3, 0.4) is 0 Å². The van der Waals surface area contributed by atoms with Crippen molar-refractivity contribution < 1.29 is 19.0 Å². The van der Waals surface area contributed by atoms with E-state index in [1.165, 1.54) is 7.11 Å². The largest absolute Gasteiger partial charge is 0.463 e. The Hall–Kier alpha value is -1.73. The Morgan fingerprint density at radius 1 is 1.50 bits per heavy atom. The number of carbonyl (C=O) groups is 1. The first-order chi connectivity index (χ1) is 9.58. The van der Waals surface area contributed by atoms with Crippen molar-refractivity contribution in [1.82, 2.24) is 9.97 Å². The highest BCUT2D eigenvalue weighted by Crippen LogP contribution is 2.23. The molecule has 1 atom stereocenters. The van der Waals surface area contributed by atoms with E-state index in [1.807, 2.05) is 0 Å². The number of aryl methyl sites for hydroxylation is 1. The molecule has 0 amide bonds. The highest BCUT2D eigenvalue weighted by molar-refractivity contribution is 5.85. The minimum atomic E-state index is -0.553. The fraction of sp³-hybridized carbons (Fsp3) is 0.615. The van der Waals surface area contributed by atoms with E-state index in [9.17, 15) is 4.79 Å². The van der Waals surface area contributed by atoms with E-state index in [0.29, 0.717) is 31.3 Å². The first kappa shape index (κ1) is 14.7. The second-order valence-corrected chi connectivity index (χ2v) is 4.75. The van der Waals surface area contributed by atoms with Crippen LogP contribution >= 0.6 is 0 Å². The molecule has 1 aromatic rings. The van der Waals surface area contributed by atoms with Crippen molar-refractivity contribution in [3.05, 3.63) is 17.6 Å². The van der Waals surface area contributed by atoms with Crippen LogP contribution in [0.25, 0.3) is 0 Å². The summed E-state index contributed by atoms with van der Waals surface area (Å²) in [7, 11) is 2.97. The van der Waals surface area contributed by atoms with Crippen LogP contribution in [0.2, 0.25) is 0 Å². The Labute approximate surface area is 117 Å². The summed E-state index contributed by atoms with van der Waals surface area (Å²) in [4.78, 5) is 19.7. The first-order valence-electron chi connectivity index (χ1n) is 6.39. The van der Waals surface area contributed by atoms with Crippen molar-refractivity contribution in [1.29, 1.82) is 0 Å². The second kappa shape index (κ2) is 6.15. The minimum absolute atomic E-state index is 0.0455. The molecule has 0 aliphatic carbocycles. The molecule has 1 saturated heterocycles. The molecular formula is C13H19N3O4. The number of methoxy groups -OCH3 is 2. The van der Waals surface area contributed by atoms with Crippen LogP contribution in [0.4, 0.5) is 5.82 Å². The maximum atomic E-state index is 11.5. The number of carbonyl (C=O) groups excluding carboxylic acids is 1. The molecule has 1 aromatic heterocycles. The molecule has 1 unspecified atom stereocenters. The molecular weight excluding hydrogens is 262 g/mol. The molecule has 2 heterocycles. The van der Waals surface area contributed by atoms with Crippen molar-refractivity contribution in [2.75, 3.05) is 39.3 Å². The molecule has 1 fully saturated rings. The Bertz CT molecular complexity index is 487. The minimum Gasteiger partial charge on any atom is -0.463 e. The topological polar surface area (TPSA) is 82.6 Å². The molecule has 110 valence electrons. The van der Waals surface area contributed by atoms with Gasteiger partial charge < -0.3 is 19.5 Å². The Kier molecular flexibility index (Phi) is 4.51. The smallest absolute Gasteiger partial charge is 0.376 e. The predicted octanol–water partition coefficient (Wildman–Crippen LogP) is 0.789. The van der Waals surface area contributed by atoms with Crippen molar-refractivity contribution in [2.45, 2.75) is 18.9 Å². The SMILES string of the molecule is COC(=O)c1nc(C)cc(NCC2(OC)CCOC2)n1. The van der Waals surface area contributed by atoms with E-state index in [-0.39, 0.29) is 11.4 Å². The fourth-order valence-electron chi connectivity index (χ4n) is 2.05. The van der Waals surface area contributed by atoms with Crippen molar-refractivity contribution in [3.63, 3.8) is 0 Å². The van der Waals surface area contributed by atoms with Crippen LogP contribution in [-0.2, 0) is 14.2 Å². The summed E-state index contributed by atoms with van der Waals surface area (Å²) in [6.07, 6.45) is 0.824. The number of nitrogens with zero attached hydrogens (tertiary/aromatic N) is 2. The van der Waals surface area contributed by atoms with Crippen LogP contribution in [-0.4, -0.2) is 55.5 Å². The summed E-state index contributed by atoms with van der Waals surface area (Å²) in [6, 6.07) is 1.77. The van der Waals surface area contributed by atoms with Gasteiger partial charge in [-0.2, -0.15) is 0 Å². The van der Waals surface area contributed by atoms with E-state index in [0.717, 1.165) is 6.42 Å². The molecule has 1 N–H and O–H groups in total. The highest BCUT2D eigenvalue weighted by atomic mass is 16.5. The zero-order valence-electron chi connectivity index (χ0n) is 11.9. The number of nitrogens with one attached hydrogen (secondary N) is 1. The van der Waals surface area contributed by atoms with Gasteiger partial charge in [0.1, 0.15) is 11.4 Å². The Morgan fingerprint density at radius 2 is 2.30 bits per heavy atom.